The summed E-state index contributed by atoms with van der Waals surface area (Å²) < 4.78 is 41.4. The molecule has 1 amide bonds. The molecule has 2 fully saturated rings. The third kappa shape index (κ3) is 1.81. The van der Waals surface area contributed by atoms with Gasteiger partial charge in [0.15, 0.2) is 5.54 Å². The Bertz CT molecular complexity index is 768. The van der Waals surface area contributed by atoms with Gasteiger partial charge in [0.2, 0.25) is 0 Å². The molecule has 0 bridgehead atoms. The number of alkyl halides is 3. The van der Waals surface area contributed by atoms with Crippen LogP contribution >= 0.6 is 0 Å². The van der Waals surface area contributed by atoms with Crippen molar-refractivity contribution in [2.75, 3.05) is 18.5 Å². The lowest BCUT2D eigenvalue weighted by molar-refractivity contribution is -0.547. The van der Waals surface area contributed by atoms with Gasteiger partial charge >= 0.3 is 6.18 Å². The van der Waals surface area contributed by atoms with Gasteiger partial charge < -0.3 is 4.90 Å². The second-order valence-electron chi connectivity index (χ2n) is 6.85. The van der Waals surface area contributed by atoms with E-state index in [-0.39, 0.29) is 13.0 Å². The van der Waals surface area contributed by atoms with Crippen LogP contribution in [0.2, 0.25) is 0 Å². The Hall–Kier alpha value is -2.16. The number of amides is 1. The molecule has 0 unspecified atom stereocenters. The van der Waals surface area contributed by atoms with E-state index in [4.69, 9.17) is 0 Å². The molecule has 1 aromatic rings. The molecule has 0 aliphatic carbocycles. The first-order valence-electron chi connectivity index (χ1n) is 8.07. The van der Waals surface area contributed by atoms with Gasteiger partial charge in [-0.25, -0.2) is 0 Å². The summed E-state index contributed by atoms with van der Waals surface area (Å²) in [6.45, 7) is 0.246. The molecule has 25 heavy (non-hydrogen) atoms. The fourth-order valence-electron chi connectivity index (χ4n) is 5.06. The van der Waals surface area contributed by atoms with Crippen molar-refractivity contribution in [1.82, 2.24) is 4.90 Å². The van der Waals surface area contributed by atoms with Gasteiger partial charge in [0.1, 0.15) is 5.92 Å². The molecule has 6 nitrogen and oxygen atoms in total. The number of likely N-dealkylation sites (N-methyl/N-ethyl adjacent to an activating group) is 1. The lowest BCUT2D eigenvalue weighted by Crippen LogP contribution is -2.57. The van der Waals surface area contributed by atoms with Crippen molar-refractivity contribution in [3.05, 3.63) is 39.9 Å². The van der Waals surface area contributed by atoms with Crippen molar-refractivity contribution >= 4 is 11.6 Å². The van der Waals surface area contributed by atoms with Crippen molar-refractivity contribution < 1.29 is 22.9 Å². The molecule has 4 rings (SSSR count). The zero-order valence-electron chi connectivity index (χ0n) is 13.4. The van der Waals surface area contributed by atoms with Gasteiger partial charge in [-0.2, -0.15) is 13.2 Å². The van der Waals surface area contributed by atoms with E-state index < -0.39 is 40.5 Å². The van der Waals surface area contributed by atoms with Gasteiger partial charge in [-0.3, -0.25) is 19.8 Å². The summed E-state index contributed by atoms with van der Waals surface area (Å²) in [6, 6.07) is 3.35. The number of halogens is 3. The van der Waals surface area contributed by atoms with E-state index in [1.54, 1.807) is 24.3 Å². The average Bonchev–Trinajstić information content (AvgIpc) is 3.16. The number of nitrogens with zero attached hydrogens (tertiary/aromatic N) is 3. The molecule has 0 saturated carbocycles. The van der Waals surface area contributed by atoms with Gasteiger partial charge in [-0.15, -0.1) is 0 Å². The zero-order valence-corrected chi connectivity index (χ0v) is 13.4. The number of hydrogen-bond acceptors (Lipinski definition) is 4. The van der Waals surface area contributed by atoms with E-state index in [9.17, 15) is 28.1 Å². The number of nitro groups is 1. The zero-order chi connectivity index (χ0) is 18.1. The van der Waals surface area contributed by atoms with Crippen LogP contribution in [0.3, 0.4) is 0 Å². The topological polar surface area (TPSA) is 66.7 Å². The van der Waals surface area contributed by atoms with Crippen molar-refractivity contribution in [1.29, 1.82) is 0 Å². The molecular formula is C16H16F3N3O3. The fourth-order valence-corrected chi connectivity index (χ4v) is 5.06. The lowest BCUT2D eigenvalue weighted by Gasteiger charge is -2.33. The van der Waals surface area contributed by atoms with Crippen LogP contribution in [0.5, 0.6) is 0 Å². The van der Waals surface area contributed by atoms with Gasteiger partial charge in [0.25, 0.3) is 11.9 Å². The van der Waals surface area contributed by atoms with Gasteiger partial charge in [-0.1, -0.05) is 18.2 Å². The lowest BCUT2D eigenvalue weighted by atomic mass is 9.79. The SMILES string of the molecule is CN1C(=O)[C@]2(c3ccccc31)[C@@H]([N+](=O)[O-])[C@H](C(F)(F)F)[C@H]1CCCN12. The predicted octanol–water partition coefficient (Wildman–Crippen LogP) is 2.16. The molecule has 3 aliphatic rings. The molecule has 0 radical (unpaired) electrons. The average molecular weight is 355 g/mol. The molecule has 3 heterocycles. The van der Waals surface area contributed by atoms with E-state index in [2.05, 4.69) is 0 Å². The van der Waals surface area contributed by atoms with Gasteiger partial charge in [0, 0.05) is 35.8 Å². The summed E-state index contributed by atoms with van der Waals surface area (Å²) >= 11 is 0. The minimum Gasteiger partial charge on any atom is -0.313 e. The molecule has 1 spiro atoms. The summed E-state index contributed by atoms with van der Waals surface area (Å²) in [7, 11) is 1.46. The first-order chi connectivity index (χ1) is 11.7. The Morgan fingerprint density at radius 3 is 2.64 bits per heavy atom. The fraction of sp³-hybridized carbons (Fsp3) is 0.562. The maximum Gasteiger partial charge on any atom is 0.400 e. The Labute approximate surface area is 141 Å². The van der Waals surface area contributed by atoms with Crippen molar-refractivity contribution in [3.63, 3.8) is 0 Å². The smallest absolute Gasteiger partial charge is 0.313 e. The molecule has 134 valence electrons. The van der Waals surface area contributed by atoms with Crippen LogP contribution in [0.4, 0.5) is 18.9 Å². The molecule has 2 saturated heterocycles. The predicted molar refractivity (Wildman–Crippen MR) is 81.6 cm³/mol. The molecule has 3 aliphatic heterocycles. The minimum atomic E-state index is -4.75. The molecule has 0 aromatic heterocycles. The van der Waals surface area contributed by atoms with E-state index >= 15 is 0 Å². The van der Waals surface area contributed by atoms with Crippen LogP contribution in [0.1, 0.15) is 18.4 Å². The summed E-state index contributed by atoms with van der Waals surface area (Å²) in [5, 5.41) is 11.8. The molecule has 0 N–H and O–H groups in total. The quantitative estimate of drug-likeness (QED) is 0.572. The Kier molecular flexibility index (Phi) is 3.22. The van der Waals surface area contributed by atoms with Crippen LogP contribution in [0, 0.1) is 16.0 Å². The highest BCUT2D eigenvalue weighted by atomic mass is 19.4. The van der Waals surface area contributed by atoms with Crippen LogP contribution in [0.25, 0.3) is 0 Å². The number of carbonyl (C=O) groups is 1. The first kappa shape index (κ1) is 16.3. The normalized spacial score (nSPS) is 34.6. The standard InChI is InChI=1S/C16H16F3N3O3/c1-20-10-6-3-2-5-9(10)15(14(20)23)13(22(24)25)12(16(17,18)19)11-7-4-8-21(11)15/h2-3,5-6,11-13H,4,7-8H2,1H3/t11-,12-,13+,15+/m1/s1. The highest BCUT2D eigenvalue weighted by Gasteiger charge is 2.78. The molecule has 9 heteroatoms. The number of anilines is 1. The Morgan fingerprint density at radius 2 is 2.00 bits per heavy atom. The number of para-hydroxylation sites is 1. The monoisotopic (exact) mass is 355 g/mol. The van der Waals surface area contributed by atoms with E-state index in [0.717, 1.165) is 0 Å². The number of hydrogen-bond donors (Lipinski definition) is 0. The second kappa shape index (κ2) is 4.94. The maximum absolute atomic E-state index is 13.8. The summed E-state index contributed by atoms with van der Waals surface area (Å²) in [5.74, 6) is -2.80. The van der Waals surface area contributed by atoms with Crippen LogP contribution in [-0.2, 0) is 10.3 Å². The molecule has 1 aromatic carbocycles. The minimum absolute atomic E-state index is 0.204. The number of fused-ring (bicyclic) bond motifs is 4. The van der Waals surface area contributed by atoms with Crippen LogP contribution < -0.4 is 4.90 Å². The van der Waals surface area contributed by atoms with E-state index in [0.29, 0.717) is 17.7 Å². The second-order valence-corrected chi connectivity index (χ2v) is 6.85. The van der Waals surface area contributed by atoms with Gasteiger partial charge in [0.05, 0.1) is 0 Å². The maximum atomic E-state index is 13.8. The largest absolute Gasteiger partial charge is 0.400 e. The molecular weight excluding hydrogens is 339 g/mol. The third-order valence-corrected chi connectivity index (χ3v) is 5.85. The first-order valence-corrected chi connectivity index (χ1v) is 8.07. The van der Waals surface area contributed by atoms with E-state index in [1.807, 2.05) is 0 Å². The van der Waals surface area contributed by atoms with Crippen molar-refractivity contribution in [3.8, 4) is 0 Å². The Balaban J connectivity index is 2.02. The van der Waals surface area contributed by atoms with Crippen LogP contribution in [0.15, 0.2) is 24.3 Å². The molecule has 4 atom stereocenters. The summed E-state index contributed by atoms with van der Waals surface area (Å²) in [4.78, 5) is 26.7. The Morgan fingerprint density at radius 1 is 1.32 bits per heavy atom. The van der Waals surface area contributed by atoms with Crippen molar-refractivity contribution in [2.24, 2.45) is 5.92 Å². The summed E-state index contributed by atoms with van der Waals surface area (Å²) in [6.07, 6.45) is -4.05. The highest BCUT2D eigenvalue weighted by molar-refractivity contribution is 6.08. The number of rotatable bonds is 1. The third-order valence-electron chi connectivity index (χ3n) is 5.85. The number of carbonyl (C=O) groups excluding carboxylic acids is 1. The number of benzene rings is 1. The van der Waals surface area contributed by atoms with Crippen LogP contribution in [-0.4, -0.2) is 47.6 Å². The van der Waals surface area contributed by atoms with Gasteiger partial charge in [-0.05, 0) is 18.9 Å². The van der Waals surface area contributed by atoms with E-state index in [1.165, 1.54) is 16.8 Å². The highest BCUT2D eigenvalue weighted by Crippen LogP contribution is 2.59. The summed E-state index contributed by atoms with van der Waals surface area (Å²) in [5.41, 5.74) is -1.13. The van der Waals surface area contributed by atoms with Crippen molar-refractivity contribution in [2.45, 2.75) is 36.6 Å².